The van der Waals surface area contributed by atoms with Crippen molar-refractivity contribution in [3.8, 4) is 11.3 Å². The molecule has 2 N–H and O–H groups in total. The molecule has 0 saturated carbocycles. The van der Waals surface area contributed by atoms with E-state index in [2.05, 4.69) is 10.3 Å². The van der Waals surface area contributed by atoms with Gasteiger partial charge in [0.05, 0.1) is 5.00 Å². The number of thiophene rings is 1. The Morgan fingerprint density at radius 3 is 2.81 bits per heavy atom. The lowest BCUT2D eigenvalue weighted by atomic mass is 9.94. The molecular formula is C11H13N3OS. The number of aryl methyl sites for hydroxylation is 2. The number of aromatic nitrogens is 2. The molecule has 84 valence electrons. The van der Waals surface area contributed by atoms with Crippen LogP contribution in [-0.4, -0.2) is 10.3 Å². The van der Waals surface area contributed by atoms with E-state index in [9.17, 15) is 0 Å². The smallest absolute Gasteiger partial charge is 0.141 e. The van der Waals surface area contributed by atoms with Gasteiger partial charge in [-0.2, -0.15) is 0 Å². The van der Waals surface area contributed by atoms with Crippen LogP contribution in [0.4, 0.5) is 5.00 Å². The molecule has 0 bridgehead atoms. The van der Waals surface area contributed by atoms with Crippen molar-refractivity contribution in [3.63, 3.8) is 0 Å². The van der Waals surface area contributed by atoms with Gasteiger partial charge in [-0.3, -0.25) is 0 Å². The van der Waals surface area contributed by atoms with E-state index in [1.165, 1.54) is 23.3 Å². The summed E-state index contributed by atoms with van der Waals surface area (Å²) in [6.07, 6.45) is 4.75. The van der Waals surface area contributed by atoms with E-state index >= 15 is 0 Å². The highest BCUT2D eigenvalue weighted by atomic mass is 32.1. The van der Waals surface area contributed by atoms with Crippen molar-refractivity contribution in [2.45, 2.75) is 32.6 Å². The summed E-state index contributed by atoms with van der Waals surface area (Å²) in [5.41, 5.74) is 10.2. The van der Waals surface area contributed by atoms with Crippen molar-refractivity contribution in [1.82, 2.24) is 10.3 Å². The van der Waals surface area contributed by atoms with E-state index in [-0.39, 0.29) is 0 Å². The number of fused-ring (bicyclic) bond motifs is 1. The van der Waals surface area contributed by atoms with Gasteiger partial charge in [-0.05, 0) is 43.3 Å². The minimum atomic E-state index is 0.817. The molecular weight excluding hydrogens is 222 g/mol. The number of rotatable bonds is 1. The Labute approximate surface area is 97.4 Å². The average Bonchev–Trinajstić information content (AvgIpc) is 2.81. The van der Waals surface area contributed by atoms with Gasteiger partial charge in [-0.15, -0.1) is 11.3 Å². The van der Waals surface area contributed by atoms with Crippen LogP contribution in [0.1, 0.15) is 29.0 Å². The Balaban J connectivity index is 2.20. The molecule has 0 saturated heterocycles. The van der Waals surface area contributed by atoms with Crippen LogP contribution in [-0.2, 0) is 12.8 Å². The van der Waals surface area contributed by atoms with Crippen molar-refractivity contribution in [2.24, 2.45) is 0 Å². The van der Waals surface area contributed by atoms with E-state index in [0.29, 0.717) is 0 Å². The first-order chi connectivity index (χ1) is 7.77. The van der Waals surface area contributed by atoms with Crippen LogP contribution in [0.3, 0.4) is 0 Å². The number of hydrogen-bond acceptors (Lipinski definition) is 5. The van der Waals surface area contributed by atoms with Gasteiger partial charge >= 0.3 is 0 Å². The first-order valence-corrected chi connectivity index (χ1v) is 6.28. The molecule has 4 nitrogen and oxygen atoms in total. The summed E-state index contributed by atoms with van der Waals surface area (Å²) in [4.78, 5) is 1.42. The molecule has 1 aliphatic rings. The Bertz CT molecular complexity index is 529. The molecule has 0 atom stereocenters. The molecule has 2 aromatic rings. The molecule has 16 heavy (non-hydrogen) atoms. The molecule has 1 aliphatic carbocycles. The highest BCUT2D eigenvalue weighted by Gasteiger charge is 2.23. The topological polar surface area (TPSA) is 64.9 Å². The maximum absolute atomic E-state index is 6.09. The van der Waals surface area contributed by atoms with Gasteiger partial charge in [0.15, 0.2) is 0 Å². The van der Waals surface area contributed by atoms with Gasteiger partial charge in [0.2, 0.25) is 0 Å². The minimum absolute atomic E-state index is 0.817. The van der Waals surface area contributed by atoms with E-state index in [1.807, 2.05) is 6.92 Å². The third kappa shape index (κ3) is 1.35. The molecule has 2 heterocycles. The molecule has 3 rings (SSSR count). The van der Waals surface area contributed by atoms with Gasteiger partial charge in [-0.1, -0.05) is 5.16 Å². The first-order valence-electron chi connectivity index (χ1n) is 5.47. The quantitative estimate of drug-likeness (QED) is 0.825. The first kappa shape index (κ1) is 9.84. The number of nitrogens with two attached hydrogens (primary N) is 1. The van der Waals surface area contributed by atoms with E-state index < -0.39 is 0 Å². The second kappa shape index (κ2) is 3.59. The molecule has 5 heteroatoms. The fraction of sp³-hybridized carbons (Fsp3) is 0.455. The molecule has 0 amide bonds. The predicted molar refractivity (Wildman–Crippen MR) is 63.4 cm³/mol. The third-order valence-corrected chi connectivity index (χ3v) is 4.21. The Kier molecular flexibility index (Phi) is 2.21. The van der Waals surface area contributed by atoms with Crippen molar-refractivity contribution in [1.29, 1.82) is 0 Å². The highest BCUT2D eigenvalue weighted by Crippen LogP contribution is 2.42. The lowest BCUT2D eigenvalue weighted by Gasteiger charge is -2.11. The van der Waals surface area contributed by atoms with Crippen LogP contribution in [0.25, 0.3) is 11.3 Å². The Hall–Kier alpha value is -1.36. The molecule has 0 fully saturated rings. The predicted octanol–water partition coefficient (Wildman–Crippen LogP) is 2.57. The molecule has 0 aromatic carbocycles. The Morgan fingerprint density at radius 2 is 2.06 bits per heavy atom. The summed E-state index contributed by atoms with van der Waals surface area (Å²) in [6, 6.07) is 0. The lowest BCUT2D eigenvalue weighted by Crippen LogP contribution is -2.00. The fourth-order valence-corrected chi connectivity index (χ4v) is 3.47. The fourth-order valence-electron chi connectivity index (χ4n) is 2.31. The van der Waals surface area contributed by atoms with Crippen LogP contribution in [0.15, 0.2) is 4.63 Å². The van der Waals surface area contributed by atoms with Crippen LogP contribution in [0.5, 0.6) is 0 Å². The second-order valence-corrected chi connectivity index (χ2v) is 5.29. The van der Waals surface area contributed by atoms with Crippen molar-refractivity contribution < 1.29 is 4.63 Å². The normalized spacial score (nSPS) is 15.1. The number of hydrogen-bond donors (Lipinski definition) is 1. The zero-order valence-electron chi connectivity index (χ0n) is 9.12. The number of nitrogen functional groups attached to an aromatic ring is 1. The molecule has 0 radical (unpaired) electrons. The van der Waals surface area contributed by atoms with Crippen LogP contribution >= 0.6 is 11.3 Å². The van der Waals surface area contributed by atoms with E-state index in [1.54, 1.807) is 11.3 Å². The van der Waals surface area contributed by atoms with Gasteiger partial charge in [0.25, 0.3) is 0 Å². The maximum Gasteiger partial charge on any atom is 0.141 e. The van der Waals surface area contributed by atoms with Crippen molar-refractivity contribution in [3.05, 3.63) is 16.1 Å². The monoisotopic (exact) mass is 235 g/mol. The number of nitrogens with zero attached hydrogens (tertiary/aromatic N) is 2. The standard InChI is InChI=1S/C11H13N3OS/c1-6-10(14-15-13-6)9-7-4-2-3-5-8(7)16-11(9)12/h2-5,12H2,1H3. The summed E-state index contributed by atoms with van der Waals surface area (Å²) < 4.78 is 4.76. The van der Waals surface area contributed by atoms with Gasteiger partial charge in [-0.25, -0.2) is 4.63 Å². The summed E-state index contributed by atoms with van der Waals surface area (Å²) in [5.74, 6) is 0. The molecule has 0 unspecified atom stereocenters. The number of anilines is 1. The SMILES string of the molecule is Cc1nonc1-c1c(N)sc2c1CCCC2. The summed E-state index contributed by atoms with van der Waals surface area (Å²) >= 11 is 1.69. The summed E-state index contributed by atoms with van der Waals surface area (Å²) in [7, 11) is 0. The van der Waals surface area contributed by atoms with Crippen molar-refractivity contribution >= 4 is 16.3 Å². The molecule has 2 aromatic heterocycles. The van der Waals surface area contributed by atoms with Crippen molar-refractivity contribution in [2.75, 3.05) is 5.73 Å². The average molecular weight is 235 g/mol. The van der Waals surface area contributed by atoms with E-state index in [4.69, 9.17) is 10.4 Å². The third-order valence-electron chi connectivity index (χ3n) is 3.09. The summed E-state index contributed by atoms with van der Waals surface area (Å²) in [5, 5.41) is 8.65. The second-order valence-electron chi connectivity index (χ2n) is 4.15. The maximum atomic E-state index is 6.09. The van der Waals surface area contributed by atoms with E-state index in [0.717, 1.165) is 34.8 Å². The summed E-state index contributed by atoms with van der Waals surface area (Å²) in [6.45, 7) is 1.90. The van der Waals surface area contributed by atoms with Gasteiger partial charge in [0, 0.05) is 10.4 Å². The largest absolute Gasteiger partial charge is 0.390 e. The molecule has 0 aliphatic heterocycles. The van der Waals surface area contributed by atoms with Crippen LogP contribution in [0, 0.1) is 6.92 Å². The lowest BCUT2D eigenvalue weighted by molar-refractivity contribution is 0.306. The zero-order chi connectivity index (χ0) is 11.1. The van der Waals surface area contributed by atoms with Gasteiger partial charge < -0.3 is 5.73 Å². The minimum Gasteiger partial charge on any atom is -0.390 e. The van der Waals surface area contributed by atoms with Gasteiger partial charge in [0.1, 0.15) is 11.4 Å². The molecule has 0 spiro atoms. The van der Waals surface area contributed by atoms with Crippen LogP contribution in [0.2, 0.25) is 0 Å². The highest BCUT2D eigenvalue weighted by molar-refractivity contribution is 7.16. The van der Waals surface area contributed by atoms with Crippen LogP contribution < -0.4 is 5.73 Å². The Morgan fingerprint density at radius 1 is 1.25 bits per heavy atom. The zero-order valence-corrected chi connectivity index (χ0v) is 9.93.